The van der Waals surface area contributed by atoms with Gasteiger partial charge >= 0.3 is 12.4 Å². The molecule has 324 valence electrons. The third-order valence-corrected chi connectivity index (χ3v) is 10.2. The van der Waals surface area contributed by atoms with Crippen LogP contribution in [0.1, 0.15) is 35.4 Å². The number of rotatable bonds is 21. The summed E-state index contributed by atoms with van der Waals surface area (Å²) in [5.74, 6) is -0.926. The number of nitrogens with zero attached hydrogens (tertiary/aromatic N) is 8. The van der Waals surface area contributed by atoms with Gasteiger partial charge in [-0.3, -0.25) is 10.7 Å². The molecule has 0 spiro atoms. The summed E-state index contributed by atoms with van der Waals surface area (Å²) in [5.41, 5.74) is 4.20. The molecule has 0 unspecified atom stereocenters. The first kappa shape index (κ1) is 46.8. The van der Waals surface area contributed by atoms with Crippen LogP contribution in [0.5, 0.6) is 0 Å². The molecule has 0 radical (unpaired) electrons. The van der Waals surface area contributed by atoms with Gasteiger partial charge in [-0.05, 0) is 57.1 Å². The summed E-state index contributed by atoms with van der Waals surface area (Å²) in [7, 11) is -7.94. The fourth-order valence-electron chi connectivity index (χ4n) is 4.32. The van der Waals surface area contributed by atoms with Crippen LogP contribution in [0.3, 0.4) is 0 Å². The van der Waals surface area contributed by atoms with Crippen LogP contribution in [0.25, 0.3) is 0 Å². The third kappa shape index (κ3) is 15.0. The van der Waals surface area contributed by atoms with Gasteiger partial charge in [0, 0.05) is 26.2 Å². The van der Waals surface area contributed by atoms with Crippen molar-refractivity contribution in [3.63, 3.8) is 0 Å². The molecule has 0 bridgehead atoms. The van der Waals surface area contributed by atoms with E-state index < -0.39 is 60.6 Å². The zero-order valence-corrected chi connectivity index (χ0v) is 32.8. The summed E-state index contributed by atoms with van der Waals surface area (Å²) in [6.45, 7) is -0.488. The standard InChI is InChI=1S/C26H32F6N16O7S4/c27-25(28,29)15-9-13(42-19(33)17-20(47-54-45-17)36-3-5-40-58(34,50)51)11-38-23(15)56-7-1-2-8-57-24-16(26(30,31)32)10-14(12-39-24)43-22(44-49)18-21(48-55-46-18)37-4-6-41-59(35,52)53/h9-12,40-41,49H,1-8H2,(H2,33,42)(H,36,47)(H,37,48)(H,43,44)(H2,34,50,51)(H2,35,52,53). The molecule has 4 heterocycles. The highest BCUT2D eigenvalue weighted by Gasteiger charge is 2.36. The Morgan fingerprint density at radius 1 is 0.712 bits per heavy atom. The molecule has 23 nitrogen and oxygen atoms in total. The maximum atomic E-state index is 14.0. The first-order chi connectivity index (χ1) is 27.6. The molecule has 4 aromatic heterocycles. The highest BCUT2D eigenvalue weighted by molar-refractivity contribution is 7.99. The Balaban J connectivity index is 1.35. The second kappa shape index (κ2) is 20.4. The lowest BCUT2D eigenvalue weighted by atomic mass is 10.2. The number of hydrogen-bond acceptors (Lipinski definition) is 19. The van der Waals surface area contributed by atoms with E-state index in [0.717, 1.165) is 35.9 Å². The molecule has 33 heteroatoms. The molecule has 0 atom stereocenters. The minimum Gasteiger partial charge on any atom is -0.382 e. The first-order valence-corrected chi connectivity index (χ1v) is 21.1. The third-order valence-electron chi connectivity index (χ3n) is 6.78. The monoisotopic (exact) mass is 922 g/mol. The zero-order valence-electron chi connectivity index (χ0n) is 29.6. The summed E-state index contributed by atoms with van der Waals surface area (Å²) in [6, 6.07) is 1.38. The normalized spacial score (nSPS) is 13.2. The molecule has 0 amide bonds. The predicted octanol–water partition coefficient (Wildman–Crippen LogP) is 1.45. The van der Waals surface area contributed by atoms with Crippen molar-refractivity contribution in [1.82, 2.24) is 45.5 Å². The van der Waals surface area contributed by atoms with Gasteiger partial charge < -0.3 is 16.4 Å². The van der Waals surface area contributed by atoms with E-state index >= 15 is 0 Å². The Labute approximate surface area is 337 Å². The van der Waals surface area contributed by atoms with Crippen LogP contribution in [-0.4, -0.2) is 102 Å². The molecule has 12 N–H and O–H groups in total. The van der Waals surface area contributed by atoms with Crippen molar-refractivity contribution in [2.45, 2.75) is 35.2 Å². The highest BCUT2D eigenvalue weighted by atomic mass is 32.2. The number of thioether (sulfide) groups is 2. The Morgan fingerprint density at radius 3 is 1.59 bits per heavy atom. The molecule has 0 fully saturated rings. The number of hydrogen-bond donors (Lipinski definition) is 9. The number of halogens is 6. The molecular weight excluding hydrogens is 891 g/mol. The summed E-state index contributed by atoms with van der Waals surface area (Å²) in [5, 5.41) is 38.0. The lowest BCUT2D eigenvalue weighted by Crippen LogP contribution is -2.34. The number of nitrogens with two attached hydrogens (primary N) is 3. The molecule has 4 aromatic rings. The minimum atomic E-state index is -4.89. The predicted molar refractivity (Wildman–Crippen MR) is 198 cm³/mol. The Bertz CT molecular complexity index is 2330. The molecule has 0 aliphatic heterocycles. The van der Waals surface area contributed by atoms with Crippen LogP contribution >= 0.6 is 23.5 Å². The van der Waals surface area contributed by atoms with Crippen LogP contribution in [0, 0.1) is 0 Å². The van der Waals surface area contributed by atoms with Gasteiger partial charge in [-0.1, -0.05) is 0 Å². The number of hydroxylamine groups is 1. The van der Waals surface area contributed by atoms with Gasteiger partial charge in [-0.15, -0.1) is 23.5 Å². The smallest absolute Gasteiger partial charge is 0.382 e. The van der Waals surface area contributed by atoms with Gasteiger partial charge in [0.15, 0.2) is 23.1 Å². The minimum absolute atomic E-state index is 0.0455. The fourth-order valence-corrected chi connectivity index (χ4v) is 7.09. The molecule has 0 saturated heterocycles. The number of nitrogens with one attached hydrogen (secondary N) is 5. The van der Waals surface area contributed by atoms with Gasteiger partial charge in [0.1, 0.15) is 10.1 Å². The van der Waals surface area contributed by atoms with E-state index in [9.17, 15) is 48.4 Å². The van der Waals surface area contributed by atoms with E-state index in [4.69, 9.17) is 16.0 Å². The van der Waals surface area contributed by atoms with Gasteiger partial charge in [0.05, 0.1) is 34.9 Å². The van der Waals surface area contributed by atoms with Crippen molar-refractivity contribution in [3.8, 4) is 0 Å². The van der Waals surface area contributed by atoms with Crippen LogP contribution in [-0.2, 0) is 32.8 Å². The zero-order chi connectivity index (χ0) is 43.4. The van der Waals surface area contributed by atoms with E-state index in [-0.39, 0.29) is 90.0 Å². The quantitative estimate of drug-likeness (QED) is 0.0143. The molecular formula is C26H32F6N16O7S4. The van der Waals surface area contributed by atoms with Crippen molar-refractivity contribution in [2.24, 2.45) is 26.0 Å². The average molecular weight is 923 g/mol. The van der Waals surface area contributed by atoms with Crippen LogP contribution in [0.2, 0.25) is 0 Å². The Hall–Kier alpha value is -4.90. The summed E-state index contributed by atoms with van der Waals surface area (Å²) < 4.78 is 141. The highest BCUT2D eigenvalue weighted by Crippen LogP contribution is 2.39. The van der Waals surface area contributed by atoms with Crippen LogP contribution in [0.4, 0.5) is 49.4 Å². The first-order valence-electron chi connectivity index (χ1n) is 16.1. The van der Waals surface area contributed by atoms with E-state index in [2.05, 4.69) is 60.5 Å². The van der Waals surface area contributed by atoms with Crippen molar-refractivity contribution in [3.05, 3.63) is 47.0 Å². The van der Waals surface area contributed by atoms with Crippen molar-refractivity contribution in [2.75, 3.05) is 48.3 Å². The molecule has 0 saturated carbocycles. The average Bonchev–Trinajstić information content (AvgIpc) is 3.81. The number of aromatic nitrogens is 6. The number of unbranched alkanes of at least 4 members (excludes halogenated alkanes) is 1. The second-order valence-corrected chi connectivity index (χ2v) is 16.1. The maximum Gasteiger partial charge on any atom is 0.419 e. The SMILES string of the molecule is NC(=Nc1cnc(SCCCCSc2ncc(N=C(NO)c3nonc3NCCNS(N)(=O)=O)cc2C(F)(F)F)c(C(F)(F)F)c1)c1nonc1NCCNS(N)(=O)=O. The van der Waals surface area contributed by atoms with E-state index in [1.54, 1.807) is 5.48 Å². The van der Waals surface area contributed by atoms with E-state index in [1.165, 1.54) is 0 Å². The largest absolute Gasteiger partial charge is 0.419 e. The Kier molecular flexibility index (Phi) is 16.2. The summed E-state index contributed by atoms with van der Waals surface area (Å²) in [4.78, 5) is 15.6. The number of amidine groups is 2. The number of aliphatic imine (C=N–C) groups is 2. The summed E-state index contributed by atoms with van der Waals surface area (Å²) in [6.07, 6.45) is -7.16. The Morgan fingerprint density at radius 2 is 1.15 bits per heavy atom. The number of pyridine rings is 2. The van der Waals surface area contributed by atoms with Crippen LogP contribution in [0.15, 0.2) is 53.8 Å². The number of alkyl halides is 6. The lowest BCUT2D eigenvalue weighted by Gasteiger charge is -2.13. The summed E-state index contributed by atoms with van der Waals surface area (Å²) >= 11 is 1.52. The molecule has 59 heavy (non-hydrogen) atoms. The van der Waals surface area contributed by atoms with Crippen LogP contribution < -0.4 is 41.6 Å². The molecule has 0 aromatic carbocycles. The van der Waals surface area contributed by atoms with Gasteiger partial charge in [-0.2, -0.15) is 43.2 Å². The van der Waals surface area contributed by atoms with Crippen molar-refractivity contribution in [1.29, 1.82) is 0 Å². The maximum absolute atomic E-state index is 14.0. The van der Waals surface area contributed by atoms with Gasteiger partial charge in [0.2, 0.25) is 11.6 Å². The molecule has 4 rings (SSSR count). The molecule has 0 aliphatic rings. The van der Waals surface area contributed by atoms with Gasteiger partial charge in [0.25, 0.3) is 20.4 Å². The van der Waals surface area contributed by atoms with Crippen molar-refractivity contribution >= 4 is 78.6 Å². The fraction of sp³-hybridized carbons (Fsp3) is 0.385. The van der Waals surface area contributed by atoms with Crippen molar-refractivity contribution < 1.29 is 57.6 Å². The van der Waals surface area contributed by atoms with Gasteiger partial charge in [-0.25, -0.2) is 48.9 Å². The lowest BCUT2D eigenvalue weighted by molar-refractivity contribution is -0.141. The topological polar surface area (TPSA) is 355 Å². The van der Waals surface area contributed by atoms with E-state index in [0.29, 0.717) is 12.1 Å². The number of anilines is 2. The molecule has 0 aliphatic carbocycles. The van der Waals surface area contributed by atoms with E-state index in [1.807, 2.05) is 9.44 Å². The second-order valence-electron chi connectivity index (χ2n) is 11.2.